The van der Waals surface area contributed by atoms with E-state index in [4.69, 9.17) is 0 Å². The molecule has 28 heavy (non-hydrogen) atoms. The van der Waals surface area contributed by atoms with Crippen LogP contribution in [0.25, 0.3) is 0 Å². The molecule has 2 heteroatoms. The normalized spacial score (nSPS) is 20.4. The van der Waals surface area contributed by atoms with Gasteiger partial charge in [-0.25, -0.2) is 0 Å². The Kier molecular flexibility index (Phi) is 4.56. The predicted octanol–water partition coefficient (Wildman–Crippen LogP) is 6.56. The zero-order valence-electron chi connectivity index (χ0n) is 16.4. The maximum atomic E-state index is 3.95. The molecule has 3 aromatic carbocycles. The Morgan fingerprint density at radius 3 is 2.14 bits per heavy atom. The molecule has 0 bridgehead atoms. The van der Waals surface area contributed by atoms with Gasteiger partial charge in [-0.15, -0.1) is 0 Å². The molecule has 3 aromatic rings. The summed E-state index contributed by atoms with van der Waals surface area (Å²) >= 11 is 0. The van der Waals surface area contributed by atoms with Crippen LogP contribution in [-0.4, -0.2) is 5.54 Å². The van der Waals surface area contributed by atoms with E-state index in [-0.39, 0.29) is 5.54 Å². The highest BCUT2D eigenvalue weighted by Crippen LogP contribution is 2.52. The van der Waals surface area contributed by atoms with Crippen LogP contribution in [0.2, 0.25) is 0 Å². The fraction of sp³-hybridized carbons (Fsp3) is 0.308. The van der Waals surface area contributed by atoms with Gasteiger partial charge in [-0.1, -0.05) is 92.1 Å². The molecule has 1 fully saturated rings. The van der Waals surface area contributed by atoms with Crippen molar-refractivity contribution in [2.45, 2.75) is 50.2 Å². The van der Waals surface area contributed by atoms with E-state index < -0.39 is 0 Å². The van der Waals surface area contributed by atoms with Crippen molar-refractivity contribution in [2.24, 2.45) is 0 Å². The number of hydrogen-bond donors (Lipinski definition) is 1. The number of anilines is 2. The molecule has 0 amide bonds. The van der Waals surface area contributed by atoms with Crippen molar-refractivity contribution in [3.63, 3.8) is 0 Å². The Morgan fingerprint density at radius 1 is 0.750 bits per heavy atom. The summed E-state index contributed by atoms with van der Waals surface area (Å²) in [5, 5.41) is 3.95. The highest BCUT2D eigenvalue weighted by molar-refractivity contribution is 5.75. The SMILES string of the molecule is c1ccc(CN2c3ccccc3NC(c3ccccc3)C23CCCCC3)cc1. The number of rotatable bonds is 3. The van der Waals surface area contributed by atoms with E-state index >= 15 is 0 Å². The first-order valence-electron chi connectivity index (χ1n) is 10.6. The second-order valence-corrected chi connectivity index (χ2v) is 8.24. The molecule has 1 unspecified atom stereocenters. The van der Waals surface area contributed by atoms with Crippen molar-refractivity contribution < 1.29 is 0 Å². The van der Waals surface area contributed by atoms with Gasteiger partial charge in [0.1, 0.15) is 0 Å². The topological polar surface area (TPSA) is 15.3 Å². The summed E-state index contributed by atoms with van der Waals surface area (Å²) in [5.41, 5.74) is 5.50. The molecule has 0 aromatic heterocycles. The van der Waals surface area contributed by atoms with Crippen molar-refractivity contribution in [2.75, 3.05) is 10.2 Å². The van der Waals surface area contributed by atoms with Crippen LogP contribution in [0.5, 0.6) is 0 Å². The first-order chi connectivity index (χ1) is 13.9. The first-order valence-corrected chi connectivity index (χ1v) is 10.6. The standard InChI is InChI=1S/C26H28N2/c1-4-12-21(13-5-1)20-28-24-17-9-8-16-23(24)27-25(22-14-6-2-7-15-22)26(28)18-10-3-11-19-26/h1-2,4-9,12-17,25,27H,3,10-11,18-20H2. The third-order valence-electron chi connectivity index (χ3n) is 6.61. The van der Waals surface area contributed by atoms with Gasteiger partial charge in [0.15, 0.2) is 0 Å². The molecule has 1 saturated carbocycles. The monoisotopic (exact) mass is 368 g/mol. The third-order valence-corrected chi connectivity index (χ3v) is 6.61. The zero-order valence-corrected chi connectivity index (χ0v) is 16.4. The van der Waals surface area contributed by atoms with E-state index in [2.05, 4.69) is 95.1 Å². The fourth-order valence-electron chi connectivity index (χ4n) is 5.29. The number of benzene rings is 3. The molecular formula is C26H28N2. The van der Waals surface area contributed by atoms with Crippen LogP contribution in [0.1, 0.15) is 49.3 Å². The molecule has 0 radical (unpaired) electrons. The third kappa shape index (κ3) is 2.97. The first kappa shape index (κ1) is 17.4. The van der Waals surface area contributed by atoms with Crippen LogP contribution in [0.4, 0.5) is 11.4 Å². The lowest BCUT2D eigenvalue weighted by Gasteiger charge is -2.56. The van der Waals surface area contributed by atoms with Gasteiger partial charge in [0.25, 0.3) is 0 Å². The molecule has 5 rings (SSSR count). The number of hydrogen-bond acceptors (Lipinski definition) is 2. The van der Waals surface area contributed by atoms with Gasteiger partial charge in [-0.3, -0.25) is 0 Å². The molecule has 1 N–H and O–H groups in total. The maximum absolute atomic E-state index is 3.95. The van der Waals surface area contributed by atoms with Crippen molar-refractivity contribution in [1.82, 2.24) is 0 Å². The van der Waals surface area contributed by atoms with Crippen LogP contribution in [0.15, 0.2) is 84.9 Å². The number of nitrogens with zero attached hydrogens (tertiary/aromatic N) is 1. The van der Waals surface area contributed by atoms with E-state index in [0.29, 0.717) is 6.04 Å². The van der Waals surface area contributed by atoms with Gasteiger partial charge in [0, 0.05) is 6.54 Å². The Bertz CT molecular complexity index is 913. The van der Waals surface area contributed by atoms with E-state index in [9.17, 15) is 0 Å². The second kappa shape index (κ2) is 7.35. The predicted molar refractivity (Wildman–Crippen MR) is 118 cm³/mol. The van der Waals surface area contributed by atoms with Crippen LogP contribution in [0.3, 0.4) is 0 Å². The van der Waals surface area contributed by atoms with Crippen molar-refractivity contribution in [1.29, 1.82) is 0 Å². The molecule has 1 spiro atoms. The fourth-order valence-corrected chi connectivity index (χ4v) is 5.29. The lowest BCUT2D eigenvalue weighted by Crippen LogP contribution is -2.58. The second-order valence-electron chi connectivity index (χ2n) is 8.24. The summed E-state index contributed by atoms with van der Waals surface area (Å²) in [7, 11) is 0. The Hall–Kier alpha value is -2.74. The highest BCUT2D eigenvalue weighted by atomic mass is 15.3. The van der Waals surface area contributed by atoms with Crippen LogP contribution in [0, 0.1) is 0 Å². The number of fused-ring (bicyclic) bond motifs is 1. The van der Waals surface area contributed by atoms with Gasteiger partial charge < -0.3 is 10.2 Å². The Morgan fingerprint density at radius 2 is 1.39 bits per heavy atom. The van der Waals surface area contributed by atoms with Crippen LogP contribution < -0.4 is 10.2 Å². The summed E-state index contributed by atoms with van der Waals surface area (Å²) in [6, 6.07) is 31.2. The molecule has 1 atom stereocenters. The number of nitrogens with one attached hydrogen (secondary N) is 1. The molecule has 1 aliphatic heterocycles. The molecule has 1 heterocycles. The minimum Gasteiger partial charge on any atom is -0.374 e. The summed E-state index contributed by atoms with van der Waals surface area (Å²) in [6.45, 7) is 0.961. The van der Waals surface area contributed by atoms with Gasteiger partial charge in [-0.05, 0) is 36.1 Å². The summed E-state index contributed by atoms with van der Waals surface area (Å²) in [6.07, 6.45) is 6.43. The molecular weight excluding hydrogens is 340 g/mol. The molecule has 0 saturated heterocycles. The zero-order chi connectivity index (χ0) is 18.8. The van der Waals surface area contributed by atoms with E-state index in [1.165, 1.54) is 54.6 Å². The molecule has 1 aliphatic carbocycles. The van der Waals surface area contributed by atoms with E-state index in [1.54, 1.807) is 0 Å². The van der Waals surface area contributed by atoms with Crippen molar-refractivity contribution >= 4 is 11.4 Å². The van der Waals surface area contributed by atoms with Gasteiger partial charge in [0.2, 0.25) is 0 Å². The molecule has 142 valence electrons. The van der Waals surface area contributed by atoms with Gasteiger partial charge in [-0.2, -0.15) is 0 Å². The molecule has 2 nitrogen and oxygen atoms in total. The van der Waals surface area contributed by atoms with Gasteiger partial charge in [0.05, 0.1) is 23.0 Å². The maximum Gasteiger partial charge on any atom is 0.0746 e. The summed E-state index contributed by atoms with van der Waals surface area (Å²) < 4.78 is 0. The average Bonchev–Trinajstić information content (AvgIpc) is 2.78. The molecule has 2 aliphatic rings. The summed E-state index contributed by atoms with van der Waals surface area (Å²) in [5.74, 6) is 0. The lowest BCUT2D eigenvalue weighted by molar-refractivity contribution is 0.232. The Balaban J connectivity index is 1.66. The quantitative estimate of drug-likeness (QED) is 0.563. The minimum absolute atomic E-state index is 0.115. The summed E-state index contributed by atoms with van der Waals surface area (Å²) in [4.78, 5) is 2.73. The number of para-hydroxylation sites is 2. The Labute approximate surface area is 168 Å². The highest BCUT2D eigenvalue weighted by Gasteiger charge is 2.48. The smallest absolute Gasteiger partial charge is 0.0746 e. The van der Waals surface area contributed by atoms with E-state index in [0.717, 1.165) is 6.54 Å². The van der Waals surface area contributed by atoms with Crippen molar-refractivity contribution in [3.8, 4) is 0 Å². The van der Waals surface area contributed by atoms with Gasteiger partial charge >= 0.3 is 0 Å². The van der Waals surface area contributed by atoms with Crippen LogP contribution >= 0.6 is 0 Å². The minimum atomic E-state index is 0.115. The van der Waals surface area contributed by atoms with Crippen molar-refractivity contribution in [3.05, 3.63) is 96.1 Å². The van der Waals surface area contributed by atoms with E-state index in [1.807, 2.05) is 0 Å². The largest absolute Gasteiger partial charge is 0.374 e. The lowest BCUT2D eigenvalue weighted by atomic mass is 9.71. The average molecular weight is 369 g/mol. The van der Waals surface area contributed by atoms with Crippen LogP contribution in [-0.2, 0) is 6.54 Å².